The topological polar surface area (TPSA) is 85.3 Å². The van der Waals surface area contributed by atoms with Crippen LogP contribution in [0.2, 0.25) is 0 Å². The summed E-state index contributed by atoms with van der Waals surface area (Å²) in [5.74, 6) is -0.139. The van der Waals surface area contributed by atoms with E-state index in [9.17, 15) is 9.18 Å². The van der Waals surface area contributed by atoms with Crippen LogP contribution < -0.4 is 4.74 Å². The highest BCUT2D eigenvalue weighted by Crippen LogP contribution is 2.22. The van der Waals surface area contributed by atoms with Crippen molar-refractivity contribution in [2.45, 2.75) is 19.1 Å². The molecule has 2 aromatic carbocycles. The van der Waals surface area contributed by atoms with Gasteiger partial charge in [-0.3, -0.25) is 9.89 Å². The van der Waals surface area contributed by atoms with Crippen LogP contribution in [0.4, 0.5) is 4.39 Å². The van der Waals surface area contributed by atoms with E-state index < -0.39 is 0 Å². The number of morpholine rings is 1. The van der Waals surface area contributed by atoms with Crippen molar-refractivity contribution in [3.8, 4) is 5.75 Å². The third kappa shape index (κ3) is 4.73. The van der Waals surface area contributed by atoms with Crippen molar-refractivity contribution >= 4 is 16.9 Å². The minimum absolute atomic E-state index is 0.0144. The molecule has 1 aliphatic rings. The van der Waals surface area contributed by atoms with E-state index in [1.165, 1.54) is 6.07 Å². The molecule has 8 nitrogen and oxygen atoms in total. The molecule has 33 heavy (non-hydrogen) atoms. The Balaban J connectivity index is 1.17. The molecule has 9 heteroatoms. The number of rotatable bonds is 7. The van der Waals surface area contributed by atoms with E-state index in [2.05, 4.69) is 15.2 Å². The van der Waals surface area contributed by atoms with Crippen LogP contribution in [0.3, 0.4) is 0 Å². The van der Waals surface area contributed by atoms with Gasteiger partial charge in [-0.2, -0.15) is 5.10 Å². The van der Waals surface area contributed by atoms with E-state index in [0.29, 0.717) is 32.7 Å². The molecule has 2 aromatic heterocycles. The lowest BCUT2D eigenvalue weighted by atomic mass is 10.2. The lowest BCUT2D eigenvalue weighted by Crippen LogP contribution is -2.43. The zero-order valence-electron chi connectivity index (χ0n) is 18.0. The molecule has 4 aromatic rings. The van der Waals surface area contributed by atoms with E-state index in [4.69, 9.17) is 9.47 Å². The number of benzene rings is 2. The summed E-state index contributed by atoms with van der Waals surface area (Å²) in [6.45, 7) is 1.96. The van der Waals surface area contributed by atoms with Gasteiger partial charge >= 0.3 is 0 Å². The monoisotopic (exact) mass is 449 g/mol. The number of hydrogen-bond acceptors (Lipinski definition) is 5. The van der Waals surface area contributed by atoms with Gasteiger partial charge in [0.05, 0.1) is 42.8 Å². The van der Waals surface area contributed by atoms with Crippen molar-refractivity contribution in [2.75, 3.05) is 26.3 Å². The smallest absolute Gasteiger partial charge is 0.242 e. The van der Waals surface area contributed by atoms with E-state index in [1.807, 2.05) is 34.9 Å². The molecule has 0 bridgehead atoms. The number of carbonyl (C=O) groups is 1. The zero-order chi connectivity index (χ0) is 22.6. The van der Waals surface area contributed by atoms with Crippen molar-refractivity contribution in [2.24, 2.45) is 0 Å². The van der Waals surface area contributed by atoms with Crippen LogP contribution in [-0.2, 0) is 22.5 Å². The number of aromatic nitrogens is 4. The predicted octanol–water partition coefficient (Wildman–Crippen LogP) is 3.12. The van der Waals surface area contributed by atoms with Crippen LogP contribution in [-0.4, -0.2) is 56.9 Å². The van der Waals surface area contributed by atoms with Crippen molar-refractivity contribution in [1.82, 2.24) is 24.6 Å². The summed E-state index contributed by atoms with van der Waals surface area (Å²) in [5.41, 5.74) is 3.40. The molecule has 1 aliphatic heterocycles. The zero-order valence-corrected chi connectivity index (χ0v) is 18.0. The maximum Gasteiger partial charge on any atom is 0.242 e. The first-order valence-corrected chi connectivity index (χ1v) is 10.9. The minimum atomic E-state index is -0.383. The first-order valence-electron chi connectivity index (χ1n) is 10.9. The number of halogens is 1. The van der Waals surface area contributed by atoms with Gasteiger partial charge in [0.2, 0.25) is 5.91 Å². The second kappa shape index (κ2) is 9.41. The molecule has 0 aliphatic carbocycles. The number of nitrogens with zero attached hydrogens (tertiary/aromatic N) is 4. The van der Waals surface area contributed by atoms with E-state index >= 15 is 0 Å². The number of ether oxygens (including phenoxy) is 2. The van der Waals surface area contributed by atoms with Crippen LogP contribution >= 0.6 is 0 Å². The highest BCUT2D eigenvalue weighted by atomic mass is 19.1. The number of fused-ring (bicyclic) bond motifs is 1. The van der Waals surface area contributed by atoms with Gasteiger partial charge < -0.3 is 18.9 Å². The van der Waals surface area contributed by atoms with Gasteiger partial charge in [-0.15, -0.1) is 0 Å². The number of H-pyrrole nitrogens is 1. The first kappa shape index (κ1) is 21.1. The van der Waals surface area contributed by atoms with Gasteiger partial charge in [-0.1, -0.05) is 24.3 Å². The molecule has 1 amide bonds. The number of aromatic amines is 1. The number of nitrogens with one attached hydrogen (secondary N) is 1. The maximum atomic E-state index is 13.7. The average Bonchev–Trinajstić information content (AvgIpc) is 3.48. The third-order valence-corrected chi connectivity index (χ3v) is 5.70. The number of para-hydroxylation sites is 3. The van der Waals surface area contributed by atoms with E-state index in [0.717, 1.165) is 22.4 Å². The van der Waals surface area contributed by atoms with Crippen molar-refractivity contribution in [1.29, 1.82) is 0 Å². The molecule has 1 saturated heterocycles. The maximum absolute atomic E-state index is 13.7. The standard InChI is InChI=1S/C24H24FN5O3/c25-18-5-1-4-8-22(18)32-11-9-17-13-20(28-27-17)23-14-29(10-12-33-23)24(31)15-30-16-26-19-6-2-3-7-21(19)30/h1-8,13,16,23H,9-12,14-15H2,(H,27,28). The SMILES string of the molecule is O=C(Cn1cnc2ccccc21)N1CCOC(c2cc(CCOc3ccccc3F)[nH]n2)C1. The third-order valence-electron chi connectivity index (χ3n) is 5.70. The molecule has 0 spiro atoms. The fourth-order valence-corrected chi connectivity index (χ4v) is 3.94. The Labute approximate surface area is 189 Å². The van der Waals surface area contributed by atoms with Crippen LogP contribution in [0.25, 0.3) is 11.0 Å². The molecule has 170 valence electrons. The Kier molecular flexibility index (Phi) is 6.03. The second-order valence-electron chi connectivity index (χ2n) is 7.91. The molecule has 1 unspecified atom stereocenters. The molecule has 5 rings (SSSR count). The summed E-state index contributed by atoms with van der Waals surface area (Å²) in [7, 11) is 0. The normalized spacial score (nSPS) is 16.3. The summed E-state index contributed by atoms with van der Waals surface area (Å²) < 4.78 is 26.9. The fraction of sp³-hybridized carbons (Fsp3) is 0.292. The molecule has 1 fully saturated rings. The Morgan fingerprint density at radius 3 is 2.97 bits per heavy atom. The number of hydrogen-bond donors (Lipinski definition) is 1. The van der Waals surface area contributed by atoms with Crippen LogP contribution in [0.5, 0.6) is 5.75 Å². The summed E-state index contributed by atoms with van der Waals surface area (Å²) in [6.07, 6.45) is 1.94. The molecular formula is C24H24FN5O3. The Morgan fingerprint density at radius 2 is 2.06 bits per heavy atom. The van der Waals surface area contributed by atoms with Gasteiger partial charge in [0.15, 0.2) is 11.6 Å². The molecule has 1 atom stereocenters. The second-order valence-corrected chi connectivity index (χ2v) is 7.91. The van der Waals surface area contributed by atoms with Crippen LogP contribution in [0.15, 0.2) is 60.9 Å². The van der Waals surface area contributed by atoms with Crippen LogP contribution in [0.1, 0.15) is 17.5 Å². The quantitative estimate of drug-likeness (QED) is 0.469. The van der Waals surface area contributed by atoms with Gasteiger partial charge in [0, 0.05) is 18.7 Å². The summed E-state index contributed by atoms with van der Waals surface area (Å²) in [4.78, 5) is 19.1. The number of carbonyl (C=O) groups excluding carboxylic acids is 1. The molecular weight excluding hydrogens is 425 g/mol. The Hall–Kier alpha value is -3.72. The molecule has 0 saturated carbocycles. The molecule has 1 N–H and O–H groups in total. The van der Waals surface area contributed by atoms with Crippen molar-refractivity contribution < 1.29 is 18.7 Å². The fourth-order valence-electron chi connectivity index (χ4n) is 3.94. The predicted molar refractivity (Wildman–Crippen MR) is 119 cm³/mol. The highest BCUT2D eigenvalue weighted by molar-refractivity contribution is 5.80. The lowest BCUT2D eigenvalue weighted by Gasteiger charge is -2.32. The van der Waals surface area contributed by atoms with Crippen molar-refractivity contribution in [3.05, 3.63) is 78.1 Å². The average molecular weight is 449 g/mol. The molecule has 3 heterocycles. The summed E-state index contributed by atoms with van der Waals surface area (Å²) in [6, 6.07) is 16.0. The molecule has 0 radical (unpaired) electrons. The van der Waals surface area contributed by atoms with Gasteiger partial charge in [-0.05, 0) is 30.3 Å². The first-order chi connectivity index (χ1) is 16.2. The largest absolute Gasteiger partial charge is 0.490 e. The Bertz CT molecular complexity index is 1250. The van der Waals surface area contributed by atoms with Gasteiger partial charge in [-0.25, -0.2) is 9.37 Å². The van der Waals surface area contributed by atoms with E-state index in [-0.39, 0.29) is 30.1 Å². The van der Waals surface area contributed by atoms with Crippen molar-refractivity contribution in [3.63, 3.8) is 0 Å². The highest BCUT2D eigenvalue weighted by Gasteiger charge is 2.27. The van der Waals surface area contributed by atoms with Crippen LogP contribution in [0, 0.1) is 5.82 Å². The van der Waals surface area contributed by atoms with Gasteiger partial charge in [0.25, 0.3) is 0 Å². The minimum Gasteiger partial charge on any atom is -0.490 e. The lowest BCUT2D eigenvalue weighted by molar-refractivity contribution is -0.139. The summed E-state index contributed by atoms with van der Waals surface area (Å²) >= 11 is 0. The Morgan fingerprint density at radius 1 is 1.21 bits per heavy atom. The summed E-state index contributed by atoms with van der Waals surface area (Å²) in [5, 5.41) is 7.35. The number of amides is 1. The number of imidazole rings is 1. The van der Waals surface area contributed by atoms with Gasteiger partial charge in [0.1, 0.15) is 12.6 Å². The van der Waals surface area contributed by atoms with E-state index in [1.54, 1.807) is 29.4 Å².